The largest absolute Gasteiger partial charge is 0.317 e. The SMILES string of the molecule is CCNCC(Cc1ccc(I)cc1)C1CCCC1. The summed E-state index contributed by atoms with van der Waals surface area (Å²) in [6.45, 7) is 4.49. The van der Waals surface area contributed by atoms with Crippen LogP contribution in [0, 0.1) is 15.4 Å². The second-order valence-electron chi connectivity index (χ2n) is 5.44. The van der Waals surface area contributed by atoms with Crippen molar-refractivity contribution in [1.82, 2.24) is 5.32 Å². The van der Waals surface area contributed by atoms with Crippen LogP contribution in [0.2, 0.25) is 0 Å². The Kier molecular flexibility index (Phi) is 5.96. The second kappa shape index (κ2) is 7.49. The van der Waals surface area contributed by atoms with Gasteiger partial charge in [0.15, 0.2) is 0 Å². The van der Waals surface area contributed by atoms with Crippen LogP contribution in [0.1, 0.15) is 38.2 Å². The minimum absolute atomic E-state index is 0.826. The fraction of sp³-hybridized carbons (Fsp3) is 0.625. The molecule has 1 aliphatic carbocycles. The molecule has 0 radical (unpaired) electrons. The van der Waals surface area contributed by atoms with Crippen LogP contribution in [-0.2, 0) is 6.42 Å². The Balaban J connectivity index is 1.97. The van der Waals surface area contributed by atoms with Crippen molar-refractivity contribution in [3.8, 4) is 0 Å². The molecule has 18 heavy (non-hydrogen) atoms. The number of halogens is 1. The Morgan fingerprint density at radius 1 is 1.22 bits per heavy atom. The van der Waals surface area contributed by atoms with Crippen LogP contribution in [0.4, 0.5) is 0 Å². The summed E-state index contributed by atoms with van der Waals surface area (Å²) < 4.78 is 1.33. The topological polar surface area (TPSA) is 12.0 Å². The molecule has 1 unspecified atom stereocenters. The van der Waals surface area contributed by atoms with E-state index in [1.807, 2.05) is 0 Å². The van der Waals surface area contributed by atoms with Gasteiger partial charge in [0.1, 0.15) is 0 Å². The normalized spacial score (nSPS) is 18.1. The molecule has 1 saturated carbocycles. The highest BCUT2D eigenvalue weighted by atomic mass is 127. The lowest BCUT2D eigenvalue weighted by molar-refractivity contribution is 0.323. The Labute approximate surface area is 125 Å². The highest BCUT2D eigenvalue weighted by Crippen LogP contribution is 2.33. The van der Waals surface area contributed by atoms with Crippen LogP contribution < -0.4 is 5.32 Å². The molecule has 1 aliphatic rings. The third kappa shape index (κ3) is 4.23. The van der Waals surface area contributed by atoms with Crippen molar-refractivity contribution in [3.63, 3.8) is 0 Å². The smallest absolute Gasteiger partial charge is 0.0130 e. The average Bonchev–Trinajstić information content (AvgIpc) is 2.90. The molecule has 1 fully saturated rings. The average molecular weight is 357 g/mol. The molecule has 1 aromatic carbocycles. The molecular weight excluding hydrogens is 333 g/mol. The first-order valence-corrected chi connectivity index (χ1v) is 8.32. The van der Waals surface area contributed by atoms with Crippen LogP contribution in [0.3, 0.4) is 0 Å². The highest BCUT2D eigenvalue weighted by Gasteiger charge is 2.24. The van der Waals surface area contributed by atoms with Crippen LogP contribution >= 0.6 is 22.6 Å². The quantitative estimate of drug-likeness (QED) is 0.751. The van der Waals surface area contributed by atoms with Gasteiger partial charge in [-0.3, -0.25) is 0 Å². The zero-order valence-electron chi connectivity index (χ0n) is 11.3. The van der Waals surface area contributed by atoms with Gasteiger partial charge in [-0.2, -0.15) is 0 Å². The van der Waals surface area contributed by atoms with Gasteiger partial charge in [-0.05, 0) is 71.6 Å². The minimum Gasteiger partial charge on any atom is -0.317 e. The lowest BCUT2D eigenvalue weighted by atomic mass is 9.85. The van der Waals surface area contributed by atoms with Gasteiger partial charge in [-0.25, -0.2) is 0 Å². The molecule has 2 rings (SSSR count). The number of hydrogen-bond acceptors (Lipinski definition) is 1. The van der Waals surface area contributed by atoms with Crippen molar-refractivity contribution < 1.29 is 0 Å². The minimum atomic E-state index is 0.826. The van der Waals surface area contributed by atoms with E-state index in [0.29, 0.717) is 0 Å². The van der Waals surface area contributed by atoms with E-state index >= 15 is 0 Å². The molecule has 1 nitrogen and oxygen atoms in total. The maximum absolute atomic E-state index is 3.56. The van der Waals surface area contributed by atoms with Crippen LogP contribution in [0.25, 0.3) is 0 Å². The van der Waals surface area contributed by atoms with Gasteiger partial charge in [0.25, 0.3) is 0 Å². The fourth-order valence-corrected chi connectivity index (χ4v) is 3.45. The van der Waals surface area contributed by atoms with Crippen molar-refractivity contribution in [3.05, 3.63) is 33.4 Å². The van der Waals surface area contributed by atoms with Crippen molar-refractivity contribution >= 4 is 22.6 Å². The molecule has 1 aromatic rings. The molecule has 0 aromatic heterocycles. The first kappa shape index (κ1) is 14.3. The first-order chi connectivity index (χ1) is 8.79. The molecule has 0 saturated heterocycles. The van der Waals surface area contributed by atoms with Crippen LogP contribution in [0.15, 0.2) is 24.3 Å². The fourth-order valence-electron chi connectivity index (χ4n) is 3.09. The Morgan fingerprint density at radius 3 is 2.50 bits per heavy atom. The molecule has 0 bridgehead atoms. The summed E-state index contributed by atoms with van der Waals surface area (Å²) in [5.41, 5.74) is 1.50. The highest BCUT2D eigenvalue weighted by molar-refractivity contribution is 14.1. The molecule has 0 aliphatic heterocycles. The monoisotopic (exact) mass is 357 g/mol. The number of nitrogens with one attached hydrogen (secondary N) is 1. The molecular formula is C16H24IN. The third-order valence-corrected chi connectivity index (χ3v) is 4.85. The van der Waals surface area contributed by atoms with E-state index < -0.39 is 0 Å². The third-order valence-electron chi connectivity index (χ3n) is 4.13. The van der Waals surface area contributed by atoms with E-state index in [2.05, 4.69) is 59.1 Å². The lowest BCUT2D eigenvalue weighted by Gasteiger charge is -2.24. The van der Waals surface area contributed by atoms with Gasteiger partial charge >= 0.3 is 0 Å². The molecule has 100 valence electrons. The number of benzene rings is 1. The molecule has 2 heteroatoms. The summed E-state index contributed by atoms with van der Waals surface area (Å²) in [5.74, 6) is 1.77. The van der Waals surface area contributed by atoms with E-state index in [0.717, 1.165) is 18.4 Å². The summed E-state index contributed by atoms with van der Waals surface area (Å²) in [6, 6.07) is 9.06. The number of hydrogen-bond donors (Lipinski definition) is 1. The molecule has 1 atom stereocenters. The second-order valence-corrected chi connectivity index (χ2v) is 6.69. The molecule has 1 N–H and O–H groups in total. The van der Waals surface area contributed by atoms with Gasteiger partial charge in [0, 0.05) is 3.57 Å². The van der Waals surface area contributed by atoms with Gasteiger partial charge < -0.3 is 5.32 Å². The molecule has 0 spiro atoms. The maximum atomic E-state index is 3.56. The Bertz CT molecular complexity index is 341. The van der Waals surface area contributed by atoms with E-state index in [1.165, 1.54) is 47.8 Å². The summed E-state index contributed by atoms with van der Waals surface area (Å²) in [4.78, 5) is 0. The zero-order valence-corrected chi connectivity index (χ0v) is 13.4. The van der Waals surface area contributed by atoms with Crippen molar-refractivity contribution in [2.45, 2.75) is 39.0 Å². The van der Waals surface area contributed by atoms with Gasteiger partial charge in [-0.15, -0.1) is 0 Å². The molecule has 0 heterocycles. The van der Waals surface area contributed by atoms with Crippen molar-refractivity contribution in [2.75, 3.05) is 13.1 Å². The van der Waals surface area contributed by atoms with Gasteiger partial charge in [0.05, 0.1) is 0 Å². The van der Waals surface area contributed by atoms with Crippen molar-refractivity contribution in [2.24, 2.45) is 11.8 Å². The standard InChI is InChI=1S/C16H24IN/c1-2-18-12-15(14-5-3-4-6-14)11-13-7-9-16(17)10-8-13/h7-10,14-15,18H,2-6,11-12H2,1H3. The van der Waals surface area contributed by atoms with Crippen molar-refractivity contribution in [1.29, 1.82) is 0 Å². The lowest BCUT2D eigenvalue weighted by Crippen LogP contribution is -2.28. The van der Waals surface area contributed by atoms with E-state index in [1.54, 1.807) is 0 Å². The zero-order chi connectivity index (χ0) is 12.8. The van der Waals surface area contributed by atoms with Crippen LogP contribution in [-0.4, -0.2) is 13.1 Å². The molecule has 0 amide bonds. The van der Waals surface area contributed by atoms with Gasteiger partial charge in [0.2, 0.25) is 0 Å². The summed E-state index contributed by atoms with van der Waals surface area (Å²) >= 11 is 2.38. The predicted molar refractivity (Wildman–Crippen MR) is 86.9 cm³/mol. The maximum Gasteiger partial charge on any atom is 0.0130 e. The Morgan fingerprint density at radius 2 is 1.89 bits per heavy atom. The van der Waals surface area contributed by atoms with E-state index in [9.17, 15) is 0 Å². The summed E-state index contributed by atoms with van der Waals surface area (Å²) in [6.07, 6.45) is 7.02. The van der Waals surface area contributed by atoms with E-state index in [-0.39, 0.29) is 0 Å². The summed E-state index contributed by atoms with van der Waals surface area (Å²) in [5, 5.41) is 3.56. The van der Waals surface area contributed by atoms with Gasteiger partial charge in [-0.1, -0.05) is 44.7 Å². The summed E-state index contributed by atoms with van der Waals surface area (Å²) in [7, 11) is 0. The first-order valence-electron chi connectivity index (χ1n) is 7.24. The number of rotatable bonds is 6. The Hall–Kier alpha value is -0.0900. The van der Waals surface area contributed by atoms with E-state index in [4.69, 9.17) is 0 Å². The van der Waals surface area contributed by atoms with Crippen LogP contribution in [0.5, 0.6) is 0 Å². The predicted octanol–water partition coefficient (Wildman–Crippen LogP) is 4.25.